The van der Waals surface area contributed by atoms with Gasteiger partial charge in [-0.3, -0.25) is 4.79 Å². The van der Waals surface area contributed by atoms with Crippen LogP contribution in [0, 0.1) is 6.92 Å². The van der Waals surface area contributed by atoms with E-state index in [4.69, 9.17) is 4.74 Å². The Hall–Kier alpha value is -2.88. The van der Waals surface area contributed by atoms with E-state index in [0.29, 0.717) is 5.75 Å². The molecule has 3 aromatic rings. The van der Waals surface area contributed by atoms with Crippen molar-refractivity contribution < 1.29 is 9.53 Å². The number of benzene rings is 2. The standard InChI is InChI=1S/C20H20N2O2/c1-14-11-12-17-9-6-10-18(20(17)21-14)24-13-19(23)22-15(2)16-7-4-3-5-8-16/h3-12,15H,13H2,1-2H3,(H,22,23)/t15-/m1/s1. The first-order valence-corrected chi connectivity index (χ1v) is 7.97. The number of amides is 1. The van der Waals surface area contributed by atoms with E-state index in [1.54, 1.807) is 0 Å². The Balaban J connectivity index is 1.65. The summed E-state index contributed by atoms with van der Waals surface area (Å²) in [6, 6.07) is 19.5. The van der Waals surface area contributed by atoms with Crippen LogP contribution < -0.4 is 10.1 Å². The molecule has 0 radical (unpaired) electrons. The summed E-state index contributed by atoms with van der Waals surface area (Å²) in [5, 5.41) is 3.94. The number of nitrogens with one attached hydrogen (secondary N) is 1. The molecule has 1 aromatic heterocycles. The van der Waals surface area contributed by atoms with Crippen molar-refractivity contribution >= 4 is 16.8 Å². The number of nitrogens with zero attached hydrogens (tertiary/aromatic N) is 1. The number of fused-ring (bicyclic) bond motifs is 1. The number of carbonyl (C=O) groups excluding carboxylic acids is 1. The first-order chi connectivity index (χ1) is 11.6. The van der Waals surface area contributed by atoms with Crippen LogP contribution in [0.15, 0.2) is 60.7 Å². The highest BCUT2D eigenvalue weighted by Gasteiger charge is 2.11. The topological polar surface area (TPSA) is 51.2 Å². The number of pyridine rings is 1. The van der Waals surface area contributed by atoms with Crippen LogP contribution in [0.3, 0.4) is 0 Å². The Morgan fingerprint density at radius 2 is 1.88 bits per heavy atom. The van der Waals surface area contributed by atoms with Crippen LogP contribution in [0.25, 0.3) is 10.9 Å². The number of carbonyl (C=O) groups is 1. The molecule has 24 heavy (non-hydrogen) atoms. The molecule has 1 amide bonds. The van der Waals surface area contributed by atoms with E-state index < -0.39 is 0 Å². The average Bonchev–Trinajstić information content (AvgIpc) is 2.60. The van der Waals surface area contributed by atoms with Crippen molar-refractivity contribution in [1.82, 2.24) is 10.3 Å². The van der Waals surface area contributed by atoms with Gasteiger partial charge in [-0.2, -0.15) is 0 Å². The Kier molecular flexibility index (Phi) is 4.75. The van der Waals surface area contributed by atoms with Gasteiger partial charge in [0.1, 0.15) is 11.3 Å². The maximum absolute atomic E-state index is 12.1. The smallest absolute Gasteiger partial charge is 0.258 e. The lowest BCUT2D eigenvalue weighted by Gasteiger charge is -2.15. The summed E-state index contributed by atoms with van der Waals surface area (Å²) < 4.78 is 5.70. The summed E-state index contributed by atoms with van der Waals surface area (Å²) in [6.07, 6.45) is 0. The molecule has 1 atom stereocenters. The van der Waals surface area contributed by atoms with Gasteiger partial charge >= 0.3 is 0 Å². The van der Waals surface area contributed by atoms with E-state index >= 15 is 0 Å². The number of hydrogen-bond acceptors (Lipinski definition) is 3. The van der Waals surface area contributed by atoms with Gasteiger partial charge in [0, 0.05) is 11.1 Å². The van der Waals surface area contributed by atoms with Gasteiger partial charge in [-0.15, -0.1) is 0 Å². The van der Waals surface area contributed by atoms with E-state index in [0.717, 1.165) is 22.2 Å². The molecular formula is C20H20N2O2. The second-order valence-corrected chi connectivity index (χ2v) is 5.77. The van der Waals surface area contributed by atoms with Gasteiger partial charge < -0.3 is 10.1 Å². The molecule has 0 spiro atoms. The average molecular weight is 320 g/mol. The molecule has 1 N–H and O–H groups in total. The van der Waals surface area contributed by atoms with Crippen LogP contribution >= 0.6 is 0 Å². The van der Waals surface area contributed by atoms with Crippen molar-refractivity contribution in [2.24, 2.45) is 0 Å². The fraction of sp³-hybridized carbons (Fsp3) is 0.200. The number of hydrogen-bond donors (Lipinski definition) is 1. The maximum Gasteiger partial charge on any atom is 0.258 e. The van der Waals surface area contributed by atoms with Gasteiger partial charge in [0.25, 0.3) is 5.91 Å². The highest BCUT2D eigenvalue weighted by Crippen LogP contribution is 2.23. The first-order valence-electron chi connectivity index (χ1n) is 7.97. The molecular weight excluding hydrogens is 300 g/mol. The zero-order valence-corrected chi connectivity index (χ0v) is 13.8. The molecule has 0 unspecified atom stereocenters. The van der Waals surface area contributed by atoms with Crippen molar-refractivity contribution in [3.63, 3.8) is 0 Å². The number of rotatable bonds is 5. The van der Waals surface area contributed by atoms with Gasteiger partial charge in [0.05, 0.1) is 6.04 Å². The molecule has 122 valence electrons. The van der Waals surface area contributed by atoms with Gasteiger partial charge in [0.2, 0.25) is 0 Å². The first kappa shape index (κ1) is 16.0. The lowest BCUT2D eigenvalue weighted by atomic mass is 10.1. The Morgan fingerprint density at radius 3 is 2.67 bits per heavy atom. The zero-order chi connectivity index (χ0) is 16.9. The fourth-order valence-corrected chi connectivity index (χ4v) is 2.59. The summed E-state index contributed by atoms with van der Waals surface area (Å²) in [5.41, 5.74) is 2.76. The molecule has 0 bridgehead atoms. The summed E-state index contributed by atoms with van der Waals surface area (Å²) in [7, 11) is 0. The van der Waals surface area contributed by atoms with E-state index in [2.05, 4.69) is 10.3 Å². The molecule has 4 nitrogen and oxygen atoms in total. The van der Waals surface area contributed by atoms with E-state index in [1.165, 1.54) is 0 Å². The van der Waals surface area contributed by atoms with Gasteiger partial charge in [-0.25, -0.2) is 4.98 Å². The quantitative estimate of drug-likeness (QED) is 0.778. The third-order valence-electron chi connectivity index (χ3n) is 3.86. The molecule has 0 saturated heterocycles. The van der Waals surface area contributed by atoms with Crippen molar-refractivity contribution in [3.8, 4) is 5.75 Å². The van der Waals surface area contributed by atoms with Crippen LogP contribution in [-0.4, -0.2) is 17.5 Å². The van der Waals surface area contributed by atoms with Gasteiger partial charge in [-0.1, -0.05) is 48.5 Å². The molecule has 2 aromatic carbocycles. The SMILES string of the molecule is Cc1ccc2cccc(OCC(=O)N[C@H](C)c3ccccc3)c2n1. The number of ether oxygens (including phenoxy) is 1. The molecule has 0 aliphatic carbocycles. The lowest BCUT2D eigenvalue weighted by Crippen LogP contribution is -2.31. The van der Waals surface area contributed by atoms with Crippen LogP contribution in [0.4, 0.5) is 0 Å². The maximum atomic E-state index is 12.1. The minimum absolute atomic E-state index is 0.0358. The Bertz CT molecular complexity index is 847. The van der Waals surface area contributed by atoms with Crippen LogP contribution in [-0.2, 0) is 4.79 Å². The zero-order valence-electron chi connectivity index (χ0n) is 13.8. The summed E-state index contributed by atoms with van der Waals surface area (Å²) in [4.78, 5) is 16.7. The molecule has 0 saturated carbocycles. The Morgan fingerprint density at radius 1 is 1.08 bits per heavy atom. The molecule has 1 heterocycles. The van der Waals surface area contributed by atoms with Crippen LogP contribution in [0.5, 0.6) is 5.75 Å². The summed E-state index contributed by atoms with van der Waals surface area (Å²) in [5.74, 6) is 0.467. The molecule has 0 fully saturated rings. The van der Waals surface area contributed by atoms with Gasteiger partial charge in [-0.05, 0) is 31.5 Å². The predicted molar refractivity (Wildman–Crippen MR) is 95.0 cm³/mol. The number of aryl methyl sites for hydroxylation is 1. The van der Waals surface area contributed by atoms with E-state index in [9.17, 15) is 4.79 Å². The second-order valence-electron chi connectivity index (χ2n) is 5.77. The largest absolute Gasteiger partial charge is 0.481 e. The predicted octanol–water partition coefficient (Wildman–Crippen LogP) is 3.80. The molecule has 0 aliphatic rings. The monoisotopic (exact) mass is 320 g/mol. The van der Waals surface area contributed by atoms with Crippen molar-refractivity contribution in [3.05, 3.63) is 71.9 Å². The molecule has 3 rings (SSSR count). The second kappa shape index (κ2) is 7.13. The third-order valence-corrected chi connectivity index (χ3v) is 3.86. The van der Waals surface area contributed by atoms with Crippen molar-refractivity contribution in [1.29, 1.82) is 0 Å². The minimum Gasteiger partial charge on any atom is -0.481 e. The number of para-hydroxylation sites is 1. The third kappa shape index (κ3) is 3.71. The van der Waals surface area contributed by atoms with Crippen molar-refractivity contribution in [2.45, 2.75) is 19.9 Å². The van der Waals surface area contributed by atoms with Crippen molar-refractivity contribution in [2.75, 3.05) is 6.61 Å². The van der Waals surface area contributed by atoms with Gasteiger partial charge in [0.15, 0.2) is 6.61 Å². The Labute approximate surface area is 141 Å². The van der Waals surface area contributed by atoms with E-state index in [-0.39, 0.29) is 18.6 Å². The fourth-order valence-electron chi connectivity index (χ4n) is 2.59. The van der Waals surface area contributed by atoms with E-state index in [1.807, 2.05) is 74.5 Å². The minimum atomic E-state index is -0.156. The summed E-state index contributed by atoms with van der Waals surface area (Å²) in [6.45, 7) is 3.85. The normalized spacial score (nSPS) is 11.9. The highest BCUT2D eigenvalue weighted by molar-refractivity contribution is 5.85. The van der Waals surface area contributed by atoms with Crippen LogP contribution in [0.2, 0.25) is 0 Å². The summed E-state index contributed by atoms with van der Waals surface area (Å²) >= 11 is 0. The molecule has 0 aliphatic heterocycles. The number of aromatic nitrogens is 1. The van der Waals surface area contributed by atoms with Crippen LogP contribution in [0.1, 0.15) is 24.2 Å². The molecule has 4 heteroatoms. The lowest BCUT2D eigenvalue weighted by molar-refractivity contribution is -0.123. The highest BCUT2D eigenvalue weighted by atomic mass is 16.5.